The van der Waals surface area contributed by atoms with E-state index >= 15 is 0 Å². The van der Waals surface area contributed by atoms with Crippen molar-refractivity contribution in [1.29, 1.82) is 0 Å². The van der Waals surface area contributed by atoms with E-state index in [-0.39, 0.29) is 5.91 Å². The largest absolute Gasteiger partial charge is 0.377 e. The van der Waals surface area contributed by atoms with Crippen LogP contribution in [0.15, 0.2) is 24.3 Å². The van der Waals surface area contributed by atoms with Crippen LogP contribution >= 0.6 is 11.3 Å². The normalized spacial score (nSPS) is 10.3. The lowest BCUT2D eigenvalue weighted by Gasteiger charge is -2.16. The van der Waals surface area contributed by atoms with Gasteiger partial charge >= 0.3 is 0 Å². The van der Waals surface area contributed by atoms with Crippen molar-refractivity contribution in [3.05, 3.63) is 34.8 Å². The first-order valence-corrected chi connectivity index (χ1v) is 6.83. The third kappa shape index (κ3) is 3.08. The minimum atomic E-state index is -0.164. The number of hydrogen-bond acceptors (Lipinski definition) is 5. The first-order chi connectivity index (χ1) is 9.11. The fourth-order valence-electron chi connectivity index (χ4n) is 1.67. The lowest BCUT2D eigenvalue weighted by molar-refractivity contribution is 0.102. The molecule has 1 aromatic carbocycles. The van der Waals surface area contributed by atoms with Crippen LogP contribution in [0.25, 0.3) is 0 Å². The van der Waals surface area contributed by atoms with Gasteiger partial charge < -0.3 is 4.90 Å². The Hall–Kier alpha value is -1.95. The van der Waals surface area contributed by atoms with E-state index in [1.807, 2.05) is 44.1 Å². The number of nitrogens with zero attached hydrogens (tertiary/aromatic N) is 3. The van der Waals surface area contributed by atoms with Gasteiger partial charge in [-0.05, 0) is 18.6 Å². The van der Waals surface area contributed by atoms with Crippen LogP contribution in [0.3, 0.4) is 0 Å². The number of aryl methyl sites for hydroxylation is 1. The van der Waals surface area contributed by atoms with Crippen molar-refractivity contribution in [2.45, 2.75) is 13.3 Å². The molecule has 19 heavy (non-hydrogen) atoms. The summed E-state index contributed by atoms with van der Waals surface area (Å²) >= 11 is 1.40. The smallest absolute Gasteiger partial charge is 0.259 e. The van der Waals surface area contributed by atoms with Crippen molar-refractivity contribution in [1.82, 2.24) is 10.2 Å². The molecule has 0 radical (unpaired) electrons. The Morgan fingerprint density at radius 3 is 2.68 bits per heavy atom. The number of amides is 1. The Morgan fingerprint density at radius 2 is 2.05 bits per heavy atom. The molecule has 1 aromatic heterocycles. The lowest BCUT2D eigenvalue weighted by Crippen LogP contribution is -2.18. The Balaban J connectivity index is 2.20. The minimum absolute atomic E-state index is 0.164. The first kappa shape index (κ1) is 13.5. The number of nitrogens with one attached hydrogen (secondary N) is 1. The Bertz CT molecular complexity index is 580. The van der Waals surface area contributed by atoms with Crippen LogP contribution in [0.4, 0.5) is 10.8 Å². The molecule has 0 bridgehead atoms. The fourth-order valence-corrected chi connectivity index (χ4v) is 2.34. The molecule has 0 atom stereocenters. The molecule has 6 heteroatoms. The zero-order valence-electron chi connectivity index (χ0n) is 11.2. The maximum atomic E-state index is 12.2. The average Bonchev–Trinajstić information content (AvgIpc) is 2.86. The summed E-state index contributed by atoms with van der Waals surface area (Å²) < 4.78 is 0. The average molecular weight is 276 g/mol. The van der Waals surface area contributed by atoms with E-state index in [1.54, 1.807) is 6.07 Å². The second kappa shape index (κ2) is 5.79. The highest BCUT2D eigenvalue weighted by atomic mass is 32.1. The molecule has 0 aliphatic carbocycles. The van der Waals surface area contributed by atoms with E-state index in [1.165, 1.54) is 11.3 Å². The zero-order valence-corrected chi connectivity index (χ0v) is 12.0. The van der Waals surface area contributed by atoms with Crippen molar-refractivity contribution in [2.24, 2.45) is 0 Å². The minimum Gasteiger partial charge on any atom is -0.377 e. The molecule has 0 aliphatic rings. The molecule has 0 fully saturated rings. The van der Waals surface area contributed by atoms with Crippen molar-refractivity contribution < 1.29 is 4.79 Å². The van der Waals surface area contributed by atoms with Crippen molar-refractivity contribution in [3.8, 4) is 0 Å². The standard InChI is InChI=1S/C13H16N4OS/c1-4-11-15-16-13(19-11)14-12(18)9-7-5-6-8-10(9)17(2)3/h5-8H,4H2,1-3H3,(H,14,16,18). The van der Waals surface area contributed by atoms with E-state index < -0.39 is 0 Å². The van der Waals surface area contributed by atoms with Crippen molar-refractivity contribution >= 4 is 28.1 Å². The molecule has 0 saturated carbocycles. The van der Waals surface area contributed by atoms with Gasteiger partial charge in [0.25, 0.3) is 5.91 Å². The SMILES string of the molecule is CCc1nnc(NC(=O)c2ccccc2N(C)C)s1. The third-order valence-corrected chi connectivity index (χ3v) is 3.60. The molecule has 0 spiro atoms. The topological polar surface area (TPSA) is 58.1 Å². The van der Waals surface area contributed by atoms with Gasteiger partial charge in [-0.2, -0.15) is 0 Å². The van der Waals surface area contributed by atoms with Gasteiger partial charge in [0.05, 0.1) is 5.56 Å². The Labute approximate surface area is 116 Å². The molecule has 5 nitrogen and oxygen atoms in total. The summed E-state index contributed by atoms with van der Waals surface area (Å²) in [4.78, 5) is 14.1. The molecule has 2 aromatic rings. The second-order valence-corrected chi connectivity index (χ2v) is 5.28. The van der Waals surface area contributed by atoms with E-state index in [2.05, 4.69) is 15.5 Å². The number of rotatable bonds is 4. The lowest BCUT2D eigenvalue weighted by atomic mass is 10.1. The van der Waals surface area contributed by atoms with Gasteiger partial charge in [0, 0.05) is 19.8 Å². The number of aromatic nitrogens is 2. The van der Waals surface area contributed by atoms with Gasteiger partial charge in [-0.25, -0.2) is 0 Å². The Kier molecular flexibility index (Phi) is 4.11. The van der Waals surface area contributed by atoms with Crippen LogP contribution in [0.2, 0.25) is 0 Å². The predicted molar refractivity (Wildman–Crippen MR) is 78.0 cm³/mol. The third-order valence-electron chi connectivity index (χ3n) is 2.62. The molecule has 0 saturated heterocycles. The van der Waals surface area contributed by atoms with Crippen molar-refractivity contribution in [2.75, 3.05) is 24.3 Å². The molecule has 100 valence electrons. The number of benzene rings is 1. The molecule has 0 aliphatic heterocycles. The quantitative estimate of drug-likeness (QED) is 0.931. The first-order valence-electron chi connectivity index (χ1n) is 6.02. The van der Waals surface area contributed by atoms with Gasteiger partial charge in [-0.1, -0.05) is 30.4 Å². The fraction of sp³-hybridized carbons (Fsp3) is 0.308. The maximum Gasteiger partial charge on any atom is 0.259 e. The Morgan fingerprint density at radius 1 is 1.32 bits per heavy atom. The van der Waals surface area contributed by atoms with Gasteiger partial charge in [0.15, 0.2) is 0 Å². The highest BCUT2D eigenvalue weighted by Crippen LogP contribution is 2.21. The van der Waals surface area contributed by atoms with Crippen LogP contribution in [0.5, 0.6) is 0 Å². The monoisotopic (exact) mass is 276 g/mol. The number of carbonyl (C=O) groups is 1. The number of para-hydroxylation sites is 1. The molecular weight excluding hydrogens is 260 g/mol. The summed E-state index contributed by atoms with van der Waals surface area (Å²) in [5.41, 5.74) is 1.50. The van der Waals surface area contributed by atoms with Crippen LogP contribution in [0, 0.1) is 0 Å². The molecule has 1 heterocycles. The van der Waals surface area contributed by atoms with Crippen LogP contribution < -0.4 is 10.2 Å². The van der Waals surface area contributed by atoms with Crippen LogP contribution in [-0.4, -0.2) is 30.2 Å². The van der Waals surface area contributed by atoms with Crippen LogP contribution in [0.1, 0.15) is 22.3 Å². The summed E-state index contributed by atoms with van der Waals surface area (Å²) in [7, 11) is 3.82. The van der Waals surface area contributed by atoms with Crippen molar-refractivity contribution in [3.63, 3.8) is 0 Å². The summed E-state index contributed by atoms with van der Waals surface area (Å²) in [6, 6.07) is 7.46. The molecular formula is C13H16N4OS. The van der Waals surface area contributed by atoms with Crippen LogP contribution in [-0.2, 0) is 6.42 Å². The molecule has 2 rings (SSSR count). The summed E-state index contributed by atoms with van der Waals surface area (Å²) in [5, 5.41) is 12.2. The zero-order chi connectivity index (χ0) is 13.8. The number of anilines is 2. The number of hydrogen-bond donors (Lipinski definition) is 1. The van der Waals surface area contributed by atoms with E-state index in [9.17, 15) is 4.79 Å². The summed E-state index contributed by atoms with van der Waals surface area (Å²) in [5.74, 6) is -0.164. The predicted octanol–water partition coefficient (Wildman–Crippen LogP) is 2.42. The highest BCUT2D eigenvalue weighted by Gasteiger charge is 2.14. The highest BCUT2D eigenvalue weighted by molar-refractivity contribution is 7.15. The summed E-state index contributed by atoms with van der Waals surface area (Å²) in [6.45, 7) is 2.01. The second-order valence-electron chi connectivity index (χ2n) is 4.22. The maximum absolute atomic E-state index is 12.2. The van der Waals surface area contributed by atoms with E-state index in [0.29, 0.717) is 10.7 Å². The molecule has 1 N–H and O–H groups in total. The van der Waals surface area contributed by atoms with Gasteiger partial charge in [0.2, 0.25) is 5.13 Å². The molecule has 0 unspecified atom stereocenters. The van der Waals surface area contributed by atoms with E-state index in [4.69, 9.17) is 0 Å². The number of carbonyl (C=O) groups excluding carboxylic acids is 1. The molecule has 1 amide bonds. The van der Waals surface area contributed by atoms with Gasteiger partial charge in [0.1, 0.15) is 5.01 Å². The van der Waals surface area contributed by atoms with E-state index in [0.717, 1.165) is 17.1 Å². The summed E-state index contributed by atoms with van der Waals surface area (Å²) in [6.07, 6.45) is 0.821. The van der Waals surface area contributed by atoms with Gasteiger partial charge in [-0.3, -0.25) is 10.1 Å². The van der Waals surface area contributed by atoms with Gasteiger partial charge in [-0.15, -0.1) is 10.2 Å².